The summed E-state index contributed by atoms with van der Waals surface area (Å²) in [6.45, 7) is 5.86. The quantitative estimate of drug-likeness (QED) is 0.680. The van der Waals surface area contributed by atoms with E-state index in [0.717, 1.165) is 5.69 Å². The van der Waals surface area contributed by atoms with Gasteiger partial charge in [-0.25, -0.2) is 14.8 Å². The fourth-order valence-corrected chi connectivity index (χ4v) is 3.74. The predicted molar refractivity (Wildman–Crippen MR) is 122 cm³/mol. The first-order chi connectivity index (χ1) is 15.4. The van der Waals surface area contributed by atoms with Gasteiger partial charge in [-0.15, -0.1) is 0 Å². The molecule has 32 heavy (non-hydrogen) atoms. The van der Waals surface area contributed by atoms with Crippen molar-refractivity contribution in [2.45, 2.75) is 20.4 Å². The summed E-state index contributed by atoms with van der Waals surface area (Å²) in [6, 6.07) is 12.5. The Bertz CT molecular complexity index is 1180. The van der Waals surface area contributed by atoms with Crippen molar-refractivity contribution in [2.75, 3.05) is 31.5 Å². The van der Waals surface area contributed by atoms with Crippen molar-refractivity contribution in [3.05, 3.63) is 64.7 Å². The van der Waals surface area contributed by atoms with E-state index in [1.165, 1.54) is 4.57 Å². The van der Waals surface area contributed by atoms with Gasteiger partial charge in [0.15, 0.2) is 11.3 Å². The van der Waals surface area contributed by atoms with Crippen LogP contribution in [0.1, 0.15) is 24.3 Å². The van der Waals surface area contributed by atoms with E-state index in [2.05, 4.69) is 15.3 Å². The highest BCUT2D eigenvalue weighted by Crippen LogP contribution is 2.13. The van der Waals surface area contributed by atoms with Crippen LogP contribution in [0.3, 0.4) is 0 Å². The summed E-state index contributed by atoms with van der Waals surface area (Å²) in [7, 11) is 0. The molecule has 2 aromatic heterocycles. The Kier molecular flexibility index (Phi) is 6.16. The predicted octanol–water partition coefficient (Wildman–Crippen LogP) is 2.44. The van der Waals surface area contributed by atoms with Crippen molar-refractivity contribution in [1.29, 1.82) is 0 Å². The van der Waals surface area contributed by atoms with Crippen molar-refractivity contribution in [2.24, 2.45) is 5.92 Å². The first-order valence-corrected chi connectivity index (χ1v) is 10.7. The van der Waals surface area contributed by atoms with Gasteiger partial charge >= 0.3 is 6.03 Å². The van der Waals surface area contributed by atoms with Crippen LogP contribution in [0.4, 0.5) is 10.5 Å². The highest BCUT2D eigenvalue weighted by molar-refractivity contribution is 5.94. The van der Waals surface area contributed by atoms with Crippen LogP contribution in [0, 0.1) is 5.92 Å². The Hall–Kier alpha value is -3.75. The summed E-state index contributed by atoms with van der Waals surface area (Å²) in [5, 5.41) is 2.85. The van der Waals surface area contributed by atoms with Gasteiger partial charge in [0.05, 0.1) is 0 Å². The number of para-hydroxylation sites is 1. The lowest BCUT2D eigenvalue weighted by molar-refractivity contribution is 0.0663. The average molecular weight is 435 g/mol. The van der Waals surface area contributed by atoms with E-state index in [9.17, 15) is 14.4 Å². The molecule has 1 aliphatic rings. The molecule has 3 heterocycles. The molecule has 9 nitrogen and oxygen atoms in total. The molecule has 1 aromatic carbocycles. The maximum Gasteiger partial charge on any atom is 0.321 e. The van der Waals surface area contributed by atoms with Crippen molar-refractivity contribution >= 4 is 28.8 Å². The number of amides is 3. The van der Waals surface area contributed by atoms with Crippen molar-refractivity contribution < 1.29 is 9.59 Å². The van der Waals surface area contributed by atoms with Crippen molar-refractivity contribution in [1.82, 2.24) is 24.3 Å². The molecule has 9 heteroatoms. The van der Waals surface area contributed by atoms with Gasteiger partial charge in [-0.1, -0.05) is 32.0 Å². The summed E-state index contributed by atoms with van der Waals surface area (Å²) >= 11 is 0. The van der Waals surface area contributed by atoms with Gasteiger partial charge in [0.2, 0.25) is 0 Å². The number of fused-ring (bicyclic) bond motifs is 1. The summed E-state index contributed by atoms with van der Waals surface area (Å²) in [5.41, 5.74) is 1.17. The van der Waals surface area contributed by atoms with Gasteiger partial charge < -0.3 is 15.1 Å². The summed E-state index contributed by atoms with van der Waals surface area (Å²) in [4.78, 5) is 50.7. The Morgan fingerprint density at radius 2 is 1.69 bits per heavy atom. The SMILES string of the molecule is CC(C)Cn1c(=O)c(C(=O)N2CCN(C(=O)Nc3ccccc3)CC2)nc2cccnc21. The molecule has 0 saturated carbocycles. The van der Waals surface area contributed by atoms with Gasteiger partial charge in [0.25, 0.3) is 11.5 Å². The van der Waals surface area contributed by atoms with Gasteiger partial charge in [-0.3, -0.25) is 14.2 Å². The molecular weight excluding hydrogens is 408 g/mol. The minimum atomic E-state index is -0.431. The highest BCUT2D eigenvalue weighted by Gasteiger charge is 2.28. The summed E-state index contributed by atoms with van der Waals surface area (Å²) in [5.74, 6) is -0.212. The van der Waals surface area contributed by atoms with E-state index >= 15 is 0 Å². The number of urea groups is 1. The second-order valence-corrected chi connectivity index (χ2v) is 8.19. The molecule has 0 radical (unpaired) electrons. The molecular formula is C23H26N6O3. The summed E-state index contributed by atoms with van der Waals surface area (Å²) in [6.07, 6.45) is 1.61. The number of piperazine rings is 1. The number of nitrogens with zero attached hydrogens (tertiary/aromatic N) is 5. The monoisotopic (exact) mass is 434 g/mol. The topological polar surface area (TPSA) is 100 Å². The number of carbonyl (C=O) groups is 2. The number of carbonyl (C=O) groups excluding carboxylic acids is 2. The molecule has 0 unspecified atom stereocenters. The van der Waals surface area contributed by atoms with Gasteiger partial charge in [-0.2, -0.15) is 0 Å². The molecule has 1 fully saturated rings. The standard InChI is InChI=1S/C23H26N6O3/c1-16(2)15-29-20-18(9-6-10-24-20)26-19(22(29)31)21(30)27-11-13-28(14-12-27)23(32)25-17-7-4-3-5-8-17/h3-10,16H,11-15H2,1-2H3,(H,25,32). The number of hydrogen-bond donors (Lipinski definition) is 1. The van der Waals surface area contributed by atoms with Gasteiger partial charge in [0.1, 0.15) is 5.52 Å². The van der Waals surface area contributed by atoms with E-state index in [1.807, 2.05) is 44.2 Å². The van der Waals surface area contributed by atoms with E-state index < -0.39 is 11.5 Å². The maximum absolute atomic E-state index is 13.2. The Balaban J connectivity index is 1.50. The van der Waals surface area contributed by atoms with Crippen LogP contribution < -0.4 is 10.9 Å². The molecule has 4 rings (SSSR count). The summed E-state index contributed by atoms with van der Waals surface area (Å²) < 4.78 is 1.53. The number of rotatable bonds is 4. The van der Waals surface area contributed by atoms with Crippen LogP contribution in [-0.4, -0.2) is 62.5 Å². The molecule has 0 aliphatic carbocycles. The molecule has 1 N–H and O–H groups in total. The van der Waals surface area contributed by atoms with Crippen LogP contribution in [0.25, 0.3) is 11.2 Å². The van der Waals surface area contributed by atoms with Crippen molar-refractivity contribution in [3.8, 4) is 0 Å². The minimum absolute atomic E-state index is 0.103. The number of aromatic nitrogens is 3. The number of hydrogen-bond acceptors (Lipinski definition) is 5. The first kappa shape index (κ1) is 21.5. The van der Waals surface area contributed by atoms with Gasteiger partial charge in [-0.05, 0) is 30.2 Å². The van der Waals surface area contributed by atoms with E-state index in [1.54, 1.807) is 28.1 Å². The lowest BCUT2D eigenvalue weighted by Gasteiger charge is -2.34. The van der Waals surface area contributed by atoms with E-state index in [0.29, 0.717) is 43.9 Å². The lowest BCUT2D eigenvalue weighted by atomic mass is 10.2. The highest BCUT2D eigenvalue weighted by atomic mass is 16.2. The Labute approximate surface area is 185 Å². The molecule has 0 spiro atoms. The molecule has 3 amide bonds. The van der Waals surface area contributed by atoms with Crippen LogP contribution >= 0.6 is 0 Å². The number of anilines is 1. The second-order valence-electron chi connectivity index (χ2n) is 8.19. The maximum atomic E-state index is 13.2. The van der Waals surface area contributed by atoms with Crippen LogP contribution in [-0.2, 0) is 6.54 Å². The molecule has 0 atom stereocenters. The smallest absolute Gasteiger partial charge is 0.321 e. The zero-order chi connectivity index (χ0) is 22.7. The van der Waals surface area contributed by atoms with E-state index in [-0.39, 0.29) is 17.6 Å². The largest absolute Gasteiger partial charge is 0.334 e. The zero-order valence-electron chi connectivity index (χ0n) is 18.2. The minimum Gasteiger partial charge on any atom is -0.334 e. The molecule has 3 aromatic rings. The third kappa shape index (κ3) is 4.46. The lowest BCUT2D eigenvalue weighted by Crippen LogP contribution is -2.52. The molecule has 1 saturated heterocycles. The molecule has 1 aliphatic heterocycles. The second kappa shape index (κ2) is 9.17. The Morgan fingerprint density at radius 3 is 2.38 bits per heavy atom. The number of pyridine rings is 1. The normalized spacial score (nSPS) is 14.1. The Morgan fingerprint density at radius 1 is 1.00 bits per heavy atom. The van der Waals surface area contributed by atoms with Crippen LogP contribution in [0.5, 0.6) is 0 Å². The van der Waals surface area contributed by atoms with Crippen LogP contribution in [0.15, 0.2) is 53.5 Å². The van der Waals surface area contributed by atoms with Gasteiger partial charge in [0, 0.05) is 44.6 Å². The fourth-order valence-electron chi connectivity index (χ4n) is 3.74. The third-order valence-electron chi connectivity index (χ3n) is 5.33. The molecule has 0 bridgehead atoms. The molecule has 166 valence electrons. The number of benzene rings is 1. The van der Waals surface area contributed by atoms with Crippen molar-refractivity contribution in [3.63, 3.8) is 0 Å². The third-order valence-corrected chi connectivity index (χ3v) is 5.33. The number of nitrogens with one attached hydrogen (secondary N) is 1. The average Bonchev–Trinajstić information content (AvgIpc) is 2.81. The van der Waals surface area contributed by atoms with Crippen LogP contribution in [0.2, 0.25) is 0 Å². The first-order valence-electron chi connectivity index (χ1n) is 10.7. The van der Waals surface area contributed by atoms with E-state index in [4.69, 9.17) is 0 Å². The fraction of sp³-hybridized carbons (Fsp3) is 0.348. The zero-order valence-corrected chi connectivity index (χ0v) is 18.2.